The van der Waals surface area contributed by atoms with Crippen molar-refractivity contribution in [2.45, 2.75) is 44.7 Å². The normalized spacial score (nSPS) is 25.4. The molecule has 8 heteroatoms. The topological polar surface area (TPSA) is 77.9 Å². The molecule has 2 atom stereocenters. The van der Waals surface area contributed by atoms with Crippen LogP contribution >= 0.6 is 0 Å². The lowest BCUT2D eigenvalue weighted by Gasteiger charge is -2.35. The lowest BCUT2D eigenvalue weighted by atomic mass is 9.97. The number of sulfonamides is 1. The molecule has 0 unspecified atom stereocenters. The smallest absolute Gasteiger partial charge is 0.307 e. The second-order valence-electron chi connectivity index (χ2n) is 7.74. The molecule has 1 aromatic rings. The molecule has 6 nitrogen and oxygen atoms in total. The van der Waals surface area contributed by atoms with Crippen molar-refractivity contribution in [3.63, 3.8) is 0 Å². The van der Waals surface area contributed by atoms with Crippen LogP contribution in [0.1, 0.15) is 32.6 Å². The van der Waals surface area contributed by atoms with Gasteiger partial charge in [-0.15, -0.1) is 0 Å². The first-order chi connectivity index (χ1) is 13.3. The van der Waals surface area contributed by atoms with Gasteiger partial charge in [0.1, 0.15) is 5.82 Å². The number of hydrogen-bond acceptors (Lipinski definition) is 4. The average molecular weight is 406 g/mol. The Morgan fingerprint density at radius 2 is 2.04 bits per heavy atom. The van der Waals surface area contributed by atoms with Gasteiger partial charge in [0.15, 0.2) is 0 Å². The van der Waals surface area contributed by atoms with E-state index in [2.05, 4.69) is 4.90 Å². The molecule has 150 valence electrons. The Hall–Kier alpha value is -2.19. The van der Waals surface area contributed by atoms with E-state index in [0.29, 0.717) is 36.4 Å². The Morgan fingerprint density at radius 1 is 1.25 bits per heavy atom. The van der Waals surface area contributed by atoms with Crippen LogP contribution in [0.25, 0.3) is 0 Å². The van der Waals surface area contributed by atoms with Crippen LogP contribution < -0.4 is 4.90 Å². The molecule has 4 rings (SSSR count). The molecule has 1 aromatic carbocycles. The predicted molar refractivity (Wildman–Crippen MR) is 104 cm³/mol. The molecule has 2 aliphatic heterocycles. The summed E-state index contributed by atoms with van der Waals surface area (Å²) in [6.07, 6.45) is 3.08. The molecule has 1 aliphatic carbocycles. The van der Waals surface area contributed by atoms with Gasteiger partial charge in [0.2, 0.25) is 10.0 Å². The minimum atomic E-state index is -3.63. The van der Waals surface area contributed by atoms with Gasteiger partial charge in [0, 0.05) is 30.9 Å². The van der Waals surface area contributed by atoms with Crippen molar-refractivity contribution < 1.29 is 22.7 Å². The van der Waals surface area contributed by atoms with Crippen LogP contribution in [0.15, 0.2) is 46.4 Å². The highest BCUT2D eigenvalue weighted by Gasteiger charge is 2.49. The average Bonchev–Trinajstić information content (AvgIpc) is 3.24. The zero-order chi connectivity index (χ0) is 20.1. The molecule has 2 fully saturated rings. The number of halogens is 1. The Labute approximate surface area is 164 Å². The first-order valence-corrected chi connectivity index (χ1v) is 10.8. The van der Waals surface area contributed by atoms with E-state index >= 15 is 0 Å². The second-order valence-corrected chi connectivity index (χ2v) is 9.68. The maximum atomic E-state index is 13.5. The number of piperazine rings is 1. The molecule has 3 aliphatic rings. The van der Waals surface area contributed by atoms with Crippen LogP contribution in [0.2, 0.25) is 0 Å². The lowest BCUT2D eigenvalue weighted by Crippen LogP contribution is -2.49. The lowest BCUT2D eigenvalue weighted by molar-refractivity contribution is -0.136. The third-order valence-corrected chi connectivity index (χ3v) is 7.99. The number of nitrogens with zero attached hydrogens (tertiary/aromatic N) is 2. The molecule has 0 spiro atoms. The molecule has 2 saturated heterocycles. The van der Waals surface area contributed by atoms with E-state index in [-0.39, 0.29) is 24.3 Å². The summed E-state index contributed by atoms with van der Waals surface area (Å²) in [5, 5.41) is 9.07. The number of carboxylic acid groups (broad SMARTS) is 1. The van der Waals surface area contributed by atoms with Crippen molar-refractivity contribution in [2.24, 2.45) is 0 Å². The monoisotopic (exact) mass is 406 g/mol. The van der Waals surface area contributed by atoms with Gasteiger partial charge in [-0.3, -0.25) is 4.79 Å². The summed E-state index contributed by atoms with van der Waals surface area (Å²) >= 11 is 0. The maximum Gasteiger partial charge on any atom is 0.307 e. The van der Waals surface area contributed by atoms with Crippen molar-refractivity contribution >= 4 is 21.7 Å². The largest absolute Gasteiger partial charge is 0.481 e. The Bertz CT molecular complexity index is 986. The minimum absolute atomic E-state index is 0.0292. The van der Waals surface area contributed by atoms with Crippen molar-refractivity contribution in [1.29, 1.82) is 0 Å². The standard InChI is InChI=1S/C20H23FN2O4S/c1-13-5-6-19(7-14(13)8-20(24)25)28(26,27)23-12-17-10-18(23)11-22(17)16-4-2-3-15(21)9-16/h2-4,7,9,17-18H,5-6,8,10-12H2,1H3,(H,24,25)/t17-,18-/m0/s1. The van der Waals surface area contributed by atoms with Crippen LogP contribution in [-0.4, -0.2) is 49.0 Å². The molecular weight excluding hydrogens is 383 g/mol. The highest BCUT2D eigenvalue weighted by atomic mass is 32.2. The third-order valence-electron chi connectivity index (χ3n) is 5.94. The van der Waals surface area contributed by atoms with Gasteiger partial charge in [-0.1, -0.05) is 11.6 Å². The quantitative estimate of drug-likeness (QED) is 0.814. The number of benzene rings is 1. The summed E-state index contributed by atoms with van der Waals surface area (Å²) < 4.78 is 41.5. The molecule has 0 amide bonds. The van der Waals surface area contributed by atoms with Gasteiger partial charge >= 0.3 is 5.97 Å². The van der Waals surface area contributed by atoms with Crippen LogP contribution in [0.5, 0.6) is 0 Å². The van der Waals surface area contributed by atoms with E-state index in [1.807, 2.05) is 13.0 Å². The fourth-order valence-corrected chi connectivity index (χ4v) is 6.34. The number of rotatable bonds is 5. The number of carboxylic acids is 1. The summed E-state index contributed by atoms with van der Waals surface area (Å²) in [7, 11) is -3.63. The number of fused-ring (bicyclic) bond motifs is 2. The van der Waals surface area contributed by atoms with Crippen molar-refractivity contribution in [3.05, 3.63) is 52.2 Å². The number of carbonyl (C=O) groups is 1. The number of hydrogen-bond donors (Lipinski definition) is 1. The summed E-state index contributed by atoms with van der Waals surface area (Å²) in [6, 6.07) is 6.27. The van der Waals surface area contributed by atoms with Crippen LogP contribution in [-0.2, 0) is 14.8 Å². The van der Waals surface area contributed by atoms with Crippen LogP contribution in [0.4, 0.5) is 10.1 Å². The second kappa shape index (κ2) is 7.00. The molecular formula is C20H23FN2O4S. The highest BCUT2D eigenvalue weighted by molar-refractivity contribution is 7.93. The van der Waals surface area contributed by atoms with Gasteiger partial charge in [0.05, 0.1) is 11.3 Å². The molecule has 0 saturated carbocycles. The summed E-state index contributed by atoms with van der Waals surface area (Å²) in [5.41, 5.74) is 2.30. The zero-order valence-electron chi connectivity index (χ0n) is 15.6. The van der Waals surface area contributed by atoms with E-state index in [0.717, 1.165) is 17.7 Å². The highest BCUT2D eigenvalue weighted by Crippen LogP contribution is 2.39. The minimum Gasteiger partial charge on any atom is -0.481 e. The SMILES string of the molecule is CC1=C(CC(=O)O)C=C(S(=O)(=O)N2C[C@@H]3C[C@H]2CN3c2cccc(F)c2)CC1. The van der Waals surface area contributed by atoms with E-state index in [9.17, 15) is 17.6 Å². The van der Waals surface area contributed by atoms with E-state index in [1.54, 1.807) is 16.4 Å². The molecule has 0 aromatic heterocycles. The summed E-state index contributed by atoms with van der Waals surface area (Å²) in [4.78, 5) is 13.5. The van der Waals surface area contributed by atoms with E-state index < -0.39 is 16.0 Å². The fourth-order valence-electron chi connectivity index (χ4n) is 4.48. The Morgan fingerprint density at radius 3 is 2.68 bits per heavy atom. The molecule has 1 N–H and O–H groups in total. The van der Waals surface area contributed by atoms with Gasteiger partial charge in [-0.25, -0.2) is 12.8 Å². The van der Waals surface area contributed by atoms with Gasteiger partial charge < -0.3 is 10.0 Å². The number of anilines is 1. The van der Waals surface area contributed by atoms with Gasteiger partial charge in [-0.2, -0.15) is 4.31 Å². The number of allylic oxidation sites excluding steroid dienone is 3. The first kappa shape index (κ1) is 19.1. The zero-order valence-corrected chi connectivity index (χ0v) is 16.5. The summed E-state index contributed by atoms with van der Waals surface area (Å²) in [6.45, 7) is 2.77. The van der Waals surface area contributed by atoms with Gasteiger partial charge in [-0.05, 0) is 56.0 Å². The molecule has 0 radical (unpaired) electrons. The Kier molecular flexibility index (Phi) is 4.79. The van der Waals surface area contributed by atoms with Crippen molar-refractivity contribution in [2.75, 3.05) is 18.0 Å². The maximum absolute atomic E-state index is 13.5. The summed E-state index contributed by atoms with van der Waals surface area (Å²) in [5.74, 6) is -1.26. The van der Waals surface area contributed by atoms with Gasteiger partial charge in [0.25, 0.3) is 0 Å². The molecule has 2 heterocycles. The van der Waals surface area contributed by atoms with E-state index in [4.69, 9.17) is 5.11 Å². The van der Waals surface area contributed by atoms with Crippen molar-refractivity contribution in [1.82, 2.24) is 4.31 Å². The predicted octanol–water partition coefficient (Wildman–Crippen LogP) is 2.89. The van der Waals surface area contributed by atoms with Crippen molar-refractivity contribution in [3.8, 4) is 0 Å². The van der Waals surface area contributed by atoms with Crippen LogP contribution in [0, 0.1) is 5.82 Å². The molecule has 28 heavy (non-hydrogen) atoms. The Balaban J connectivity index is 1.54. The molecule has 2 bridgehead atoms. The fraction of sp³-hybridized carbons (Fsp3) is 0.450. The third kappa shape index (κ3) is 3.35. The van der Waals surface area contributed by atoms with Crippen LogP contribution in [0.3, 0.4) is 0 Å². The number of aliphatic carboxylic acids is 1. The first-order valence-electron chi connectivity index (χ1n) is 9.41. The van der Waals surface area contributed by atoms with E-state index in [1.165, 1.54) is 12.1 Å².